The van der Waals surface area contributed by atoms with Crippen molar-refractivity contribution < 1.29 is 0 Å². The van der Waals surface area contributed by atoms with Gasteiger partial charge in [0.2, 0.25) is 0 Å². The normalized spacial score (nSPS) is 10.5. The lowest BCUT2D eigenvalue weighted by molar-refractivity contribution is 0.570. The zero-order valence-corrected chi connectivity index (χ0v) is 8.50. The fraction of sp³-hybridized carbons (Fsp3) is 0.636. The molecule has 0 atom stereocenters. The monoisotopic (exact) mass is 180 g/mol. The SMILES string of the molecule is CCCCCNCCn1cccc1. The van der Waals surface area contributed by atoms with E-state index in [1.807, 2.05) is 0 Å². The van der Waals surface area contributed by atoms with Gasteiger partial charge in [-0.2, -0.15) is 0 Å². The van der Waals surface area contributed by atoms with E-state index >= 15 is 0 Å². The van der Waals surface area contributed by atoms with E-state index in [-0.39, 0.29) is 0 Å². The van der Waals surface area contributed by atoms with Crippen LogP contribution in [0.3, 0.4) is 0 Å². The van der Waals surface area contributed by atoms with Crippen molar-refractivity contribution in [3.8, 4) is 0 Å². The molecule has 0 unspecified atom stereocenters. The number of hydrogen-bond donors (Lipinski definition) is 1. The Morgan fingerprint density at radius 1 is 1.08 bits per heavy atom. The summed E-state index contributed by atoms with van der Waals surface area (Å²) in [5, 5.41) is 3.44. The van der Waals surface area contributed by atoms with Gasteiger partial charge in [0.25, 0.3) is 0 Å². The Morgan fingerprint density at radius 3 is 2.54 bits per heavy atom. The molecule has 1 rings (SSSR count). The van der Waals surface area contributed by atoms with Gasteiger partial charge in [-0.25, -0.2) is 0 Å². The van der Waals surface area contributed by atoms with E-state index in [0.29, 0.717) is 0 Å². The second-order valence-electron chi connectivity index (χ2n) is 3.38. The minimum Gasteiger partial charge on any atom is -0.353 e. The van der Waals surface area contributed by atoms with Gasteiger partial charge in [-0.1, -0.05) is 19.8 Å². The molecular weight excluding hydrogens is 160 g/mol. The van der Waals surface area contributed by atoms with Crippen molar-refractivity contribution in [2.45, 2.75) is 32.7 Å². The lowest BCUT2D eigenvalue weighted by Gasteiger charge is -2.04. The van der Waals surface area contributed by atoms with Crippen LogP contribution in [0.25, 0.3) is 0 Å². The smallest absolute Gasteiger partial charge is 0.0344 e. The molecule has 2 nitrogen and oxygen atoms in total. The van der Waals surface area contributed by atoms with Crippen LogP contribution in [0.1, 0.15) is 26.2 Å². The van der Waals surface area contributed by atoms with E-state index in [9.17, 15) is 0 Å². The van der Waals surface area contributed by atoms with Gasteiger partial charge in [0.15, 0.2) is 0 Å². The first kappa shape index (κ1) is 10.3. The highest BCUT2D eigenvalue weighted by Crippen LogP contribution is 1.91. The van der Waals surface area contributed by atoms with Gasteiger partial charge in [-0.15, -0.1) is 0 Å². The van der Waals surface area contributed by atoms with Crippen LogP contribution < -0.4 is 5.32 Å². The van der Waals surface area contributed by atoms with Crippen molar-refractivity contribution in [3.05, 3.63) is 24.5 Å². The number of aromatic nitrogens is 1. The Hall–Kier alpha value is -0.760. The van der Waals surface area contributed by atoms with Gasteiger partial charge in [-0.3, -0.25) is 0 Å². The molecule has 1 N–H and O–H groups in total. The molecule has 1 aromatic heterocycles. The van der Waals surface area contributed by atoms with E-state index < -0.39 is 0 Å². The third-order valence-corrected chi connectivity index (χ3v) is 2.17. The first-order chi connectivity index (χ1) is 6.43. The maximum Gasteiger partial charge on any atom is 0.0344 e. The summed E-state index contributed by atoms with van der Waals surface area (Å²) in [6.07, 6.45) is 8.17. The number of hydrogen-bond acceptors (Lipinski definition) is 1. The second kappa shape index (κ2) is 6.72. The van der Waals surface area contributed by atoms with Crippen LogP contribution in [0, 0.1) is 0 Å². The summed E-state index contributed by atoms with van der Waals surface area (Å²) in [7, 11) is 0. The summed E-state index contributed by atoms with van der Waals surface area (Å²) in [6.45, 7) is 5.56. The minimum absolute atomic E-state index is 1.08. The Balaban J connectivity index is 1.90. The summed E-state index contributed by atoms with van der Waals surface area (Å²) in [6, 6.07) is 4.13. The summed E-state index contributed by atoms with van der Waals surface area (Å²) < 4.78 is 2.20. The average molecular weight is 180 g/mol. The summed E-state index contributed by atoms with van der Waals surface area (Å²) in [5.74, 6) is 0. The molecule has 0 fully saturated rings. The molecule has 74 valence electrons. The maximum atomic E-state index is 3.44. The van der Waals surface area contributed by atoms with Crippen LogP contribution in [0.4, 0.5) is 0 Å². The molecule has 1 heterocycles. The molecule has 0 saturated carbocycles. The van der Waals surface area contributed by atoms with Crippen molar-refractivity contribution in [3.63, 3.8) is 0 Å². The number of rotatable bonds is 7. The minimum atomic E-state index is 1.08. The third-order valence-electron chi connectivity index (χ3n) is 2.17. The highest BCUT2D eigenvalue weighted by molar-refractivity contribution is 4.90. The standard InChI is InChI=1S/C11H20N2/c1-2-3-4-7-12-8-11-13-9-5-6-10-13/h5-6,9-10,12H,2-4,7-8,11H2,1H3. The predicted octanol–water partition coefficient (Wildman–Crippen LogP) is 2.27. The molecule has 0 aromatic carbocycles. The Bertz CT molecular complexity index is 192. The van der Waals surface area contributed by atoms with Gasteiger partial charge in [0.1, 0.15) is 0 Å². The molecule has 2 heteroatoms. The van der Waals surface area contributed by atoms with E-state index in [1.165, 1.54) is 19.3 Å². The molecule has 0 spiro atoms. The van der Waals surface area contributed by atoms with Crippen LogP contribution in [-0.2, 0) is 6.54 Å². The van der Waals surface area contributed by atoms with E-state index in [4.69, 9.17) is 0 Å². The molecule has 0 bridgehead atoms. The van der Waals surface area contributed by atoms with Gasteiger partial charge in [0, 0.05) is 25.5 Å². The molecular formula is C11H20N2. The highest BCUT2D eigenvalue weighted by Gasteiger charge is 1.89. The lowest BCUT2D eigenvalue weighted by Crippen LogP contribution is -2.20. The molecule has 13 heavy (non-hydrogen) atoms. The molecule has 0 radical (unpaired) electrons. The van der Waals surface area contributed by atoms with Crippen molar-refractivity contribution in [2.24, 2.45) is 0 Å². The zero-order chi connectivity index (χ0) is 9.36. The van der Waals surface area contributed by atoms with Gasteiger partial charge in [0.05, 0.1) is 0 Å². The number of nitrogens with zero attached hydrogens (tertiary/aromatic N) is 1. The summed E-state index contributed by atoms with van der Waals surface area (Å²) in [5.41, 5.74) is 0. The fourth-order valence-electron chi connectivity index (χ4n) is 1.35. The lowest BCUT2D eigenvalue weighted by atomic mass is 10.2. The van der Waals surface area contributed by atoms with Crippen molar-refractivity contribution in [1.29, 1.82) is 0 Å². The van der Waals surface area contributed by atoms with Crippen LogP contribution in [0.5, 0.6) is 0 Å². The average Bonchev–Trinajstić information content (AvgIpc) is 2.63. The topological polar surface area (TPSA) is 17.0 Å². The van der Waals surface area contributed by atoms with Crippen molar-refractivity contribution in [1.82, 2.24) is 9.88 Å². The first-order valence-electron chi connectivity index (χ1n) is 5.25. The van der Waals surface area contributed by atoms with Crippen LogP contribution in [-0.4, -0.2) is 17.7 Å². The predicted molar refractivity (Wildman–Crippen MR) is 56.8 cm³/mol. The maximum absolute atomic E-state index is 3.44. The van der Waals surface area contributed by atoms with E-state index in [0.717, 1.165) is 19.6 Å². The van der Waals surface area contributed by atoms with Crippen LogP contribution >= 0.6 is 0 Å². The van der Waals surface area contributed by atoms with Gasteiger partial charge in [-0.05, 0) is 25.1 Å². The molecule has 0 aliphatic heterocycles. The van der Waals surface area contributed by atoms with Crippen LogP contribution in [0.2, 0.25) is 0 Å². The zero-order valence-electron chi connectivity index (χ0n) is 8.50. The Kier molecular flexibility index (Phi) is 5.34. The molecule has 0 aliphatic rings. The molecule has 0 saturated heterocycles. The van der Waals surface area contributed by atoms with E-state index in [1.54, 1.807) is 0 Å². The largest absolute Gasteiger partial charge is 0.353 e. The quantitative estimate of drug-likeness (QED) is 0.637. The molecule has 0 amide bonds. The van der Waals surface area contributed by atoms with Crippen molar-refractivity contribution >= 4 is 0 Å². The Morgan fingerprint density at radius 2 is 1.85 bits per heavy atom. The third kappa shape index (κ3) is 4.73. The molecule has 0 aliphatic carbocycles. The Labute approximate surface area is 81.0 Å². The van der Waals surface area contributed by atoms with Crippen molar-refractivity contribution in [2.75, 3.05) is 13.1 Å². The van der Waals surface area contributed by atoms with Gasteiger partial charge < -0.3 is 9.88 Å². The summed E-state index contributed by atoms with van der Waals surface area (Å²) >= 11 is 0. The van der Waals surface area contributed by atoms with Crippen LogP contribution in [0.15, 0.2) is 24.5 Å². The number of unbranched alkanes of at least 4 members (excludes halogenated alkanes) is 2. The summed E-state index contributed by atoms with van der Waals surface area (Å²) in [4.78, 5) is 0. The fourth-order valence-corrected chi connectivity index (χ4v) is 1.35. The first-order valence-corrected chi connectivity index (χ1v) is 5.25. The number of nitrogens with one attached hydrogen (secondary N) is 1. The molecule has 1 aromatic rings. The highest BCUT2D eigenvalue weighted by atomic mass is 15.0. The van der Waals surface area contributed by atoms with Gasteiger partial charge >= 0.3 is 0 Å². The second-order valence-corrected chi connectivity index (χ2v) is 3.38. The van der Waals surface area contributed by atoms with E-state index in [2.05, 4.69) is 41.3 Å².